The fourth-order valence-electron chi connectivity index (χ4n) is 3.84. The van der Waals surface area contributed by atoms with Gasteiger partial charge in [0.15, 0.2) is 5.11 Å². The van der Waals surface area contributed by atoms with Gasteiger partial charge in [0, 0.05) is 24.7 Å². The molecule has 1 aliphatic carbocycles. The van der Waals surface area contributed by atoms with Crippen molar-refractivity contribution < 1.29 is 14.7 Å². The third kappa shape index (κ3) is 6.29. The summed E-state index contributed by atoms with van der Waals surface area (Å²) in [5.74, 6) is 0.176. The molecule has 1 saturated carbocycles. The van der Waals surface area contributed by atoms with Crippen LogP contribution >= 0.6 is 12.2 Å². The quantitative estimate of drug-likeness (QED) is 0.609. The van der Waals surface area contributed by atoms with Gasteiger partial charge < -0.3 is 15.3 Å². The summed E-state index contributed by atoms with van der Waals surface area (Å²) in [7, 11) is 0. The summed E-state index contributed by atoms with van der Waals surface area (Å²) >= 11 is 5.24. The zero-order valence-electron chi connectivity index (χ0n) is 16.8. The van der Waals surface area contributed by atoms with Crippen molar-refractivity contribution in [3.8, 4) is 0 Å². The van der Waals surface area contributed by atoms with Gasteiger partial charge in [0.05, 0.1) is 0 Å². The number of carbonyl (C=O) groups is 2. The van der Waals surface area contributed by atoms with Crippen LogP contribution in [0.15, 0.2) is 60.7 Å². The Labute approximate surface area is 182 Å². The van der Waals surface area contributed by atoms with Gasteiger partial charge in [-0.1, -0.05) is 48.5 Å². The first-order chi connectivity index (χ1) is 14.5. The molecule has 6 nitrogen and oxygen atoms in total. The lowest BCUT2D eigenvalue weighted by Crippen LogP contribution is -2.44. The molecule has 0 aliphatic heterocycles. The SMILES string of the molecule is O=C(NC(=S)NCC1CCC(N(Cc2ccccc2)C(=O)O)CC1)c1ccccc1. The lowest BCUT2D eigenvalue weighted by atomic mass is 9.85. The summed E-state index contributed by atoms with van der Waals surface area (Å²) in [6.07, 6.45) is 2.63. The van der Waals surface area contributed by atoms with Crippen LogP contribution in [-0.2, 0) is 6.54 Å². The molecular formula is C23H27N3O3S. The largest absolute Gasteiger partial charge is 0.465 e. The Kier molecular flexibility index (Phi) is 7.79. The van der Waals surface area contributed by atoms with Gasteiger partial charge in [0.25, 0.3) is 5.91 Å². The van der Waals surface area contributed by atoms with Crippen LogP contribution in [0.5, 0.6) is 0 Å². The number of carbonyl (C=O) groups excluding carboxylic acids is 1. The Balaban J connectivity index is 1.43. The van der Waals surface area contributed by atoms with Gasteiger partial charge >= 0.3 is 6.09 Å². The lowest BCUT2D eigenvalue weighted by Gasteiger charge is -2.35. The summed E-state index contributed by atoms with van der Waals surface area (Å²) in [5, 5.41) is 15.8. The summed E-state index contributed by atoms with van der Waals surface area (Å²) in [6, 6.07) is 18.7. The van der Waals surface area contributed by atoms with Crippen LogP contribution in [0.4, 0.5) is 4.79 Å². The number of amides is 2. The number of hydrogen-bond acceptors (Lipinski definition) is 3. The number of nitrogens with one attached hydrogen (secondary N) is 2. The second kappa shape index (κ2) is 10.7. The van der Waals surface area contributed by atoms with E-state index in [-0.39, 0.29) is 11.9 Å². The zero-order chi connectivity index (χ0) is 21.3. The van der Waals surface area contributed by atoms with Gasteiger partial charge in [0.1, 0.15) is 0 Å². The van der Waals surface area contributed by atoms with Gasteiger partial charge in [-0.3, -0.25) is 10.1 Å². The predicted molar refractivity (Wildman–Crippen MR) is 120 cm³/mol. The number of benzene rings is 2. The van der Waals surface area contributed by atoms with E-state index in [1.165, 1.54) is 0 Å². The minimum Gasteiger partial charge on any atom is -0.465 e. The second-order valence-electron chi connectivity index (χ2n) is 7.60. The molecule has 2 aromatic rings. The zero-order valence-corrected chi connectivity index (χ0v) is 17.6. The molecule has 0 bridgehead atoms. The van der Waals surface area contributed by atoms with E-state index in [0.29, 0.717) is 29.7 Å². The van der Waals surface area contributed by atoms with Crippen LogP contribution in [-0.4, -0.2) is 39.7 Å². The lowest BCUT2D eigenvalue weighted by molar-refractivity contribution is 0.0976. The number of nitrogens with zero attached hydrogens (tertiary/aromatic N) is 1. The van der Waals surface area contributed by atoms with E-state index >= 15 is 0 Å². The van der Waals surface area contributed by atoms with E-state index < -0.39 is 6.09 Å². The Morgan fingerprint density at radius 3 is 2.17 bits per heavy atom. The molecule has 0 saturated heterocycles. The molecule has 0 unspecified atom stereocenters. The molecule has 3 rings (SSSR count). The van der Waals surface area contributed by atoms with Crippen molar-refractivity contribution in [3.63, 3.8) is 0 Å². The van der Waals surface area contributed by atoms with Crippen LogP contribution in [0.25, 0.3) is 0 Å². The molecular weight excluding hydrogens is 398 g/mol. The molecule has 3 N–H and O–H groups in total. The number of carboxylic acid groups (broad SMARTS) is 1. The van der Waals surface area contributed by atoms with Crippen molar-refractivity contribution >= 4 is 29.3 Å². The molecule has 7 heteroatoms. The van der Waals surface area contributed by atoms with Crippen molar-refractivity contribution in [2.24, 2.45) is 5.92 Å². The highest BCUT2D eigenvalue weighted by molar-refractivity contribution is 7.80. The van der Waals surface area contributed by atoms with E-state index in [4.69, 9.17) is 12.2 Å². The van der Waals surface area contributed by atoms with Crippen molar-refractivity contribution in [1.29, 1.82) is 0 Å². The Morgan fingerprint density at radius 1 is 0.967 bits per heavy atom. The van der Waals surface area contributed by atoms with Gasteiger partial charge in [-0.25, -0.2) is 4.79 Å². The Bertz CT molecular complexity index is 853. The van der Waals surface area contributed by atoms with E-state index in [0.717, 1.165) is 31.2 Å². The van der Waals surface area contributed by atoms with Crippen LogP contribution in [0.3, 0.4) is 0 Å². The molecule has 2 aromatic carbocycles. The highest BCUT2D eigenvalue weighted by Crippen LogP contribution is 2.28. The average Bonchev–Trinajstić information content (AvgIpc) is 2.77. The van der Waals surface area contributed by atoms with Crippen LogP contribution in [0.2, 0.25) is 0 Å². The molecule has 0 heterocycles. The van der Waals surface area contributed by atoms with E-state index in [1.54, 1.807) is 17.0 Å². The highest BCUT2D eigenvalue weighted by atomic mass is 32.1. The maximum Gasteiger partial charge on any atom is 0.407 e. The molecule has 2 amide bonds. The fraction of sp³-hybridized carbons (Fsp3) is 0.348. The summed E-state index contributed by atoms with van der Waals surface area (Å²) in [4.78, 5) is 25.5. The fourth-order valence-corrected chi connectivity index (χ4v) is 4.02. The van der Waals surface area contributed by atoms with Crippen molar-refractivity contribution in [2.45, 2.75) is 38.3 Å². The predicted octanol–water partition coefficient (Wildman–Crippen LogP) is 4.03. The topological polar surface area (TPSA) is 81.7 Å². The van der Waals surface area contributed by atoms with Crippen molar-refractivity contribution in [2.75, 3.05) is 6.54 Å². The third-order valence-electron chi connectivity index (χ3n) is 5.51. The minimum atomic E-state index is -0.870. The van der Waals surface area contributed by atoms with Gasteiger partial charge in [-0.15, -0.1) is 0 Å². The van der Waals surface area contributed by atoms with Crippen molar-refractivity contribution in [1.82, 2.24) is 15.5 Å². The van der Waals surface area contributed by atoms with Gasteiger partial charge in [-0.2, -0.15) is 0 Å². The van der Waals surface area contributed by atoms with Gasteiger partial charge in [-0.05, 0) is 61.5 Å². The van der Waals surface area contributed by atoms with Crippen LogP contribution in [0, 0.1) is 5.92 Å². The number of hydrogen-bond donors (Lipinski definition) is 3. The average molecular weight is 426 g/mol. The van der Waals surface area contributed by atoms with E-state index in [9.17, 15) is 14.7 Å². The minimum absolute atomic E-state index is 0.0312. The molecule has 30 heavy (non-hydrogen) atoms. The summed E-state index contributed by atoms with van der Waals surface area (Å²) in [6.45, 7) is 1.09. The molecule has 0 aromatic heterocycles. The van der Waals surface area contributed by atoms with Gasteiger partial charge in [0.2, 0.25) is 0 Å². The smallest absolute Gasteiger partial charge is 0.407 e. The maximum atomic E-state index is 12.1. The van der Waals surface area contributed by atoms with E-state index in [2.05, 4.69) is 10.6 Å². The third-order valence-corrected chi connectivity index (χ3v) is 5.76. The standard InChI is InChI=1S/C23H27N3O3S/c27-21(19-9-5-2-6-10-19)25-22(30)24-15-17-11-13-20(14-12-17)26(23(28)29)16-18-7-3-1-4-8-18/h1-10,17,20H,11-16H2,(H,28,29)(H2,24,25,27,30). The van der Waals surface area contributed by atoms with E-state index in [1.807, 2.05) is 48.5 Å². The molecule has 0 radical (unpaired) electrons. The Hall–Kier alpha value is -2.93. The maximum absolute atomic E-state index is 12.1. The molecule has 0 atom stereocenters. The first-order valence-corrected chi connectivity index (χ1v) is 10.6. The second-order valence-corrected chi connectivity index (χ2v) is 8.01. The molecule has 1 fully saturated rings. The van der Waals surface area contributed by atoms with Crippen LogP contribution < -0.4 is 10.6 Å². The first kappa shape index (κ1) is 21.8. The summed E-state index contributed by atoms with van der Waals surface area (Å²) < 4.78 is 0. The van der Waals surface area contributed by atoms with Crippen molar-refractivity contribution in [3.05, 3.63) is 71.8 Å². The molecule has 158 valence electrons. The monoisotopic (exact) mass is 425 g/mol. The first-order valence-electron chi connectivity index (χ1n) is 10.2. The van der Waals surface area contributed by atoms with Crippen LogP contribution in [0.1, 0.15) is 41.6 Å². The number of thiocarbonyl (C=S) groups is 1. The Morgan fingerprint density at radius 2 is 1.57 bits per heavy atom. The summed E-state index contributed by atoms with van der Waals surface area (Å²) in [5.41, 5.74) is 1.57. The molecule has 1 aliphatic rings. The highest BCUT2D eigenvalue weighted by Gasteiger charge is 2.28. The molecule has 0 spiro atoms. The normalized spacial score (nSPS) is 18.3. The number of rotatable bonds is 6.